The zero-order valence-electron chi connectivity index (χ0n) is 24.4. The minimum absolute atomic E-state index is 0.172. The molecule has 8 nitrogen and oxygen atoms in total. The van der Waals surface area contributed by atoms with Crippen molar-refractivity contribution in [3.8, 4) is 0 Å². The van der Waals surface area contributed by atoms with Crippen LogP contribution in [-0.4, -0.2) is 66.7 Å². The number of halogens is 1. The van der Waals surface area contributed by atoms with E-state index in [-0.39, 0.29) is 29.0 Å². The molecule has 2 amide bonds. The van der Waals surface area contributed by atoms with Gasteiger partial charge in [-0.2, -0.15) is 0 Å². The van der Waals surface area contributed by atoms with E-state index < -0.39 is 29.5 Å². The molecule has 0 spiro atoms. The molecule has 226 valence electrons. The number of para-hydroxylation sites is 1. The zero-order valence-corrected chi connectivity index (χ0v) is 24.4. The summed E-state index contributed by atoms with van der Waals surface area (Å²) in [5.41, 5.74) is 1.52. The van der Waals surface area contributed by atoms with E-state index in [1.807, 2.05) is 72.8 Å². The first-order valence-electron chi connectivity index (χ1n) is 14.8. The Labute approximate surface area is 255 Å². The highest BCUT2D eigenvalue weighted by Crippen LogP contribution is 2.47. The monoisotopic (exact) mass is 595 g/mol. The maximum absolute atomic E-state index is 13.9. The number of anilines is 1. The number of nitrogens with one attached hydrogen (secondary N) is 2. The van der Waals surface area contributed by atoms with Crippen molar-refractivity contribution in [3.05, 3.63) is 125 Å². The molecule has 3 unspecified atom stereocenters. The van der Waals surface area contributed by atoms with Crippen LogP contribution in [-0.2, 0) is 25.5 Å². The molecule has 3 heterocycles. The van der Waals surface area contributed by atoms with Gasteiger partial charge in [0.15, 0.2) is 0 Å². The molecule has 0 aliphatic carbocycles. The highest BCUT2D eigenvalue weighted by molar-refractivity contribution is 6.07. The lowest BCUT2D eigenvalue weighted by molar-refractivity contribution is -0.138. The number of hydrogen-bond donors (Lipinski definition) is 2. The van der Waals surface area contributed by atoms with E-state index in [1.165, 1.54) is 31.4 Å². The SMILES string of the molecule is COC(=O)C1=C(C(=O)NC2CCN(C(=O)c3ccc(F)cc3)CC2)C2C=CC1(C(Cc1ccccc1)Nc1ccccc1)O2. The lowest BCUT2D eigenvalue weighted by atomic mass is 9.78. The Kier molecular flexibility index (Phi) is 8.30. The number of likely N-dealkylation sites (tertiary alicyclic amines) is 1. The molecule has 3 aromatic carbocycles. The summed E-state index contributed by atoms with van der Waals surface area (Å²) >= 11 is 0. The first-order valence-corrected chi connectivity index (χ1v) is 14.8. The number of hydrogen-bond acceptors (Lipinski definition) is 6. The predicted octanol–water partition coefficient (Wildman–Crippen LogP) is 4.45. The van der Waals surface area contributed by atoms with Gasteiger partial charge in [0.05, 0.1) is 24.3 Å². The number of carbonyl (C=O) groups is 3. The minimum Gasteiger partial charge on any atom is -0.466 e. The molecule has 1 fully saturated rings. The van der Waals surface area contributed by atoms with Gasteiger partial charge in [0, 0.05) is 30.4 Å². The third kappa shape index (κ3) is 5.75. The number of rotatable bonds is 9. The van der Waals surface area contributed by atoms with Crippen LogP contribution in [0.4, 0.5) is 10.1 Å². The molecule has 2 N–H and O–H groups in total. The number of esters is 1. The largest absolute Gasteiger partial charge is 0.466 e. The molecule has 0 saturated carbocycles. The molecule has 44 heavy (non-hydrogen) atoms. The number of benzene rings is 3. The fourth-order valence-electron chi connectivity index (χ4n) is 6.32. The molecule has 3 atom stereocenters. The second-order valence-electron chi connectivity index (χ2n) is 11.3. The van der Waals surface area contributed by atoms with Gasteiger partial charge in [0.2, 0.25) is 0 Å². The van der Waals surface area contributed by atoms with Gasteiger partial charge < -0.3 is 25.0 Å². The lowest BCUT2D eigenvalue weighted by Crippen LogP contribution is -2.50. The average Bonchev–Trinajstić information content (AvgIpc) is 3.64. The number of ether oxygens (including phenoxy) is 2. The molecule has 6 rings (SSSR count). The van der Waals surface area contributed by atoms with Gasteiger partial charge in [-0.1, -0.05) is 54.6 Å². The van der Waals surface area contributed by atoms with Crippen molar-refractivity contribution in [1.29, 1.82) is 0 Å². The Morgan fingerprint density at radius 1 is 0.977 bits per heavy atom. The number of methoxy groups -OCH3 is 1. The normalized spacial score (nSPS) is 21.7. The average molecular weight is 596 g/mol. The summed E-state index contributed by atoms with van der Waals surface area (Å²) in [6.07, 6.45) is 4.58. The minimum atomic E-state index is -1.24. The maximum atomic E-state index is 13.9. The van der Waals surface area contributed by atoms with E-state index in [9.17, 15) is 18.8 Å². The third-order valence-electron chi connectivity index (χ3n) is 8.54. The lowest BCUT2D eigenvalue weighted by Gasteiger charge is -2.36. The Balaban J connectivity index is 1.23. The molecule has 9 heteroatoms. The highest BCUT2D eigenvalue weighted by Gasteiger charge is 2.58. The third-order valence-corrected chi connectivity index (χ3v) is 8.54. The van der Waals surface area contributed by atoms with Gasteiger partial charge in [0.25, 0.3) is 11.8 Å². The van der Waals surface area contributed by atoms with Crippen LogP contribution in [0.3, 0.4) is 0 Å². The summed E-state index contributed by atoms with van der Waals surface area (Å²) < 4.78 is 25.1. The van der Waals surface area contributed by atoms with E-state index in [1.54, 1.807) is 4.90 Å². The quantitative estimate of drug-likeness (QED) is 0.281. The van der Waals surface area contributed by atoms with E-state index in [0.717, 1.165) is 11.3 Å². The van der Waals surface area contributed by atoms with E-state index in [0.29, 0.717) is 37.9 Å². The van der Waals surface area contributed by atoms with Crippen molar-refractivity contribution in [1.82, 2.24) is 10.2 Å². The van der Waals surface area contributed by atoms with E-state index in [2.05, 4.69) is 10.6 Å². The van der Waals surface area contributed by atoms with Gasteiger partial charge in [-0.25, -0.2) is 9.18 Å². The first-order chi connectivity index (χ1) is 21.4. The Morgan fingerprint density at radius 3 is 2.30 bits per heavy atom. The summed E-state index contributed by atoms with van der Waals surface area (Å²) in [5, 5.41) is 6.65. The molecule has 0 aromatic heterocycles. The molecular weight excluding hydrogens is 561 g/mol. The first kappa shape index (κ1) is 29.3. The number of nitrogens with zero attached hydrogens (tertiary/aromatic N) is 1. The van der Waals surface area contributed by atoms with Crippen molar-refractivity contribution in [2.45, 2.75) is 43.1 Å². The number of amides is 2. The van der Waals surface area contributed by atoms with Crippen LogP contribution in [0.2, 0.25) is 0 Å². The second-order valence-corrected chi connectivity index (χ2v) is 11.3. The van der Waals surface area contributed by atoms with Gasteiger partial charge in [-0.05, 0) is 67.3 Å². The van der Waals surface area contributed by atoms with Crippen LogP contribution in [0, 0.1) is 5.82 Å². The van der Waals surface area contributed by atoms with Crippen molar-refractivity contribution < 1.29 is 28.2 Å². The predicted molar refractivity (Wildman–Crippen MR) is 163 cm³/mol. The van der Waals surface area contributed by atoms with Crippen molar-refractivity contribution >= 4 is 23.5 Å². The molecule has 0 radical (unpaired) electrons. The topological polar surface area (TPSA) is 97.0 Å². The highest BCUT2D eigenvalue weighted by atomic mass is 19.1. The molecule has 3 aliphatic heterocycles. The molecule has 1 saturated heterocycles. The second kappa shape index (κ2) is 12.5. The maximum Gasteiger partial charge on any atom is 0.337 e. The standard InChI is InChI=1S/C35H34FN3O5/c1-43-34(42)31-30(32(40)38-27-17-20-39(21-18-27)33(41)24-12-14-25(36)15-13-24)28-16-19-35(31,44-28)29(22-23-8-4-2-5-9-23)37-26-10-6-3-7-11-26/h2-16,19,27-29,37H,17-18,20-22H2,1H3,(H,38,40). The van der Waals surface area contributed by atoms with Crippen molar-refractivity contribution in [3.63, 3.8) is 0 Å². The van der Waals surface area contributed by atoms with Gasteiger partial charge in [-0.15, -0.1) is 0 Å². The summed E-state index contributed by atoms with van der Waals surface area (Å²) in [7, 11) is 1.30. The van der Waals surface area contributed by atoms with Crippen molar-refractivity contribution in [2.75, 3.05) is 25.5 Å². The van der Waals surface area contributed by atoms with Gasteiger partial charge >= 0.3 is 5.97 Å². The molecular formula is C35H34FN3O5. The fraction of sp³-hybridized carbons (Fsp3) is 0.286. The van der Waals surface area contributed by atoms with Crippen molar-refractivity contribution in [2.24, 2.45) is 0 Å². The molecule has 3 aliphatic rings. The molecule has 2 bridgehead atoms. The Bertz CT molecular complexity index is 1540. The molecule has 3 aromatic rings. The van der Waals surface area contributed by atoms with Gasteiger partial charge in [-0.3, -0.25) is 9.59 Å². The van der Waals surface area contributed by atoms with Gasteiger partial charge in [0.1, 0.15) is 17.5 Å². The van der Waals surface area contributed by atoms with Crippen LogP contribution in [0.25, 0.3) is 0 Å². The van der Waals surface area contributed by atoms with E-state index >= 15 is 0 Å². The summed E-state index contributed by atoms with van der Waals surface area (Å²) in [5.74, 6) is -1.57. The van der Waals surface area contributed by atoms with Crippen LogP contribution in [0.5, 0.6) is 0 Å². The van der Waals surface area contributed by atoms with Crippen LogP contribution in [0.1, 0.15) is 28.8 Å². The number of carbonyl (C=O) groups excluding carboxylic acids is 3. The Hall–Kier alpha value is -4.76. The Morgan fingerprint density at radius 2 is 1.64 bits per heavy atom. The summed E-state index contributed by atoms with van der Waals surface area (Å²) in [4.78, 5) is 41.9. The smallest absolute Gasteiger partial charge is 0.337 e. The van der Waals surface area contributed by atoms with Crippen LogP contribution in [0.15, 0.2) is 108 Å². The number of fused-ring (bicyclic) bond motifs is 2. The summed E-state index contributed by atoms with van der Waals surface area (Å²) in [6.45, 7) is 0.877. The van der Waals surface area contributed by atoms with Crippen LogP contribution >= 0.6 is 0 Å². The fourth-order valence-corrected chi connectivity index (χ4v) is 6.32. The summed E-state index contributed by atoms with van der Waals surface area (Å²) in [6, 6.07) is 24.4. The van der Waals surface area contributed by atoms with E-state index in [4.69, 9.17) is 9.47 Å². The number of piperidine rings is 1. The van der Waals surface area contributed by atoms with Crippen LogP contribution < -0.4 is 10.6 Å². The zero-order chi connectivity index (χ0) is 30.7.